The summed E-state index contributed by atoms with van der Waals surface area (Å²) >= 11 is 0. The summed E-state index contributed by atoms with van der Waals surface area (Å²) in [6.45, 7) is 6.59. The Balaban J connectivity index is 0.00000361. The molecule has 1 unspecified atom stereocenters. The average Bonchev–Trinajstić information content (AvgIpc) is 2.26. The number of nitrogens with one attached hydrogen (secondary N) is 2. The molecule has 2 N–H and O–H groups in total. The van der Waals surface area contributed by atoms with Crippen LogP contribution in [0.2, 0.25) is 0 Å². The quantitative estimate of drug-likeness (QED) is 0.840. The number of piperidine rings is 1. The van der Waals surface area contributed by atoms with E-state index in [1.807, 2.05) is 0 Å². The maximum absolute atomic E-state index is 13.0. The van der Waals surface area contributed by atoms with E-state index in [2.05, 4.69) is 10.6 Å². The second-order valence-electron chi connectivity index (χ2n) is 6.39. The SMILES string of the molecule is CC(C)(C)CC(NC(=O)C1CCNCC1)C(F)(F)F.Cl. The Morgan fingerprint density at radius 1 is 1.25 bits per heavy atom. The number of rotatable bonds is 3. The van der Waals surface area contributed by atoms with Crippen molar-refractivity contribution in [3.63, 3.8) is 0 Å². The minimum absolute atomic E-state index is 0. The van der Waals surface area contributed by atoms with Crippen LogP contribution in [-0.4, -0.2) is 31.2 Å². The van der Waals surface area contributed by atoms with Crippen molar-refractivity contribution in [3.8, 4) is 0 Å². The second kappa shape index (κ2) is 7.50. The zero-order valence-corrected chi connectivity index (χ0v) is 13.0. The first kappa shape index (κ1) is 19.5. The summed E-state index contributed by atoms with van der Waals surface area (Å²) in [5.41, 5.74) is -0.485. The van der Waals surface area contributed by atoms with E-state index < -0.39 is 23.5 Å². The third-order valence-corrected chi connectivity index (χ3v) is 3.24. The van der Waals surface area contributed by atoms with Gasteiger partial charge in [-0.05, 0) is 37.8 Å². The Morgan fingerprint density at radius 3 is 2.15 bits per heavy atom. The third-order valence-electron chi connectivity index (χ3n) is 3.24. The number of hydrogen-bond acceptors (Lipinski definition) is 2. The van der Waals surface area contributed by atoms with Crippen molar-refractivity contribution in [1.82, 2.24) is 10.6 Å². The predicted molar refractivity (Wildman–Crippen MR) is 74.9 cm³/mol. The van der Waals surface area contributed by atoms with Gasteiger partial charge in [-0.3, -0.25) is 4.79 Å². The number of carbonyl (C=O) groups is 1. The first-order chi connectivity index (χ1) is 8.59. The van der Waals surface area contributed by atoms with Gasteiger partial charge in [0.05, 0.1) is 0 Å². The highest BCUT2D eigenvalue weighted by atomic mass is 35.5. The molecule has 0 spiro atoms. The van der Waals surface area contributed by atoms with Gasteiger partial charge in [-0.2, -0.15) is 13.2 Å². The molecule has 120 valence electrons. The van der Waals surface area contributed by atoms with Crippen LogP contribution in [-0.2, 0) is 4.79 Å². The Hall–Kier alpha value is -0.490. The number of halogens is 4. The molecule has 1 saturated heterocycles. The van der Waals surface area contributed by atoms with E-state index in [1.54, 1.807) is 20.8 Å². The zero-order valence-electron chi connectivity index (χ0n) is 12.1. The summed E-state index contributed by atoms with van der Waals surface area (Å²) in [4.78, 5) is 11.9. The van der Waals surface area contributed by atoms with Crippen LogP contribution in [0.5, 0.6) is 0 Å². The van der Waals surface area contributed by atoms with Gasteiger partial charge in [0.15, 0.2) is 0 Å². The Morgan fingerprint density at radius 2 is 1.75 bits per heavy atom. The van der Waals surface area contributed by atoms with Gasteiger partial charge in [-0.25, -0.2) is 0 Å². The van der Waals surface area contributed by atoms with Crippen molar-refractivity contribution in [2.45, 2.75) is 52.3 Å². The Bertz CT molecular complexity index is 310. The molecule has 0 aromatic heterocycles. The molecule has 1 rings (SSSR count). The van der Waals surface area contributed by atoms with Crippen LogP contribution >= 0.6 is 12.4 Å². The van der Waals surface area contributed by atoms with Gasteiger partial charge in [0, 0.05) is 5.92 Å². The number of hydrogen-bond donors (Lipinski definition) is 2. The third kappa shape index (κ3) is 6.79. The molecular formula is C13H24ClF3N2O. The summed E-state index contributed by atoms with van der Waals surface area (Å²) in [6, 6.07) is -1.75. The minimum atomic E-state index is -4.39. The molecule has 0 aromatic carbocycles. The highest BCUT2D eigenvalue weighted by Crippen LogP contribution is 2.31. The van der Waals surface area contributed by atoms with E-state index in [4.69, 9.17) is 0 Å². The molecule has 3 nitrogen and oxygen atoms in total. The number of amides is 1. The van der Waals surface area contributed by atoms with Gasteiger partial charge in [0.2, 0.25) is 5.91 Å². The molecule has 1 heterocycles. The Labute approximate surface area is 124 Å². The predicted octanol–water partition coefficient (Wildman–Crippen LogP) is 2.89. The van der Waals surface area contributed by atoms with Crippen molar-refractivity contribution >= 4 is 18.3 Å². The van der Waals surface area contributed by atoms with E-state index in [1.165, 1.54) is 0 Å². The molecule has 1 aliphatic heterocycles. The van der Waals surface area contributed by atoms with Crippen molar-refractivity contribution in [3.05, 3.63) is 0 Å². The van der Waals surface area contributed by atoms with E-state index >= 15 is 0 Å². The molecule has 1 amide bonds. The lowest BCUT2D eigenvalue weighted by atomic mass is 9.87. The van der Waals surface area contributed by atoms with Crippen molar-refractivity contribution < 1.29 is 18.0 Å². The molecule has 0 saturated carbocycles. The lowest BCUT2D eigenvalue weighted by molar-refractivity contribution is -0.168. The molecule has 1 aliphatic rings. The topological polar surface area (TPSA) is 41.1 Å². The maximum atomic E-state index is 13.0. The van der Waals surface area contributed by atoms with Crippen LogP contribution < -0.4 is 10.6 Å². The fraction of sp³-hybridized carbons (Fsp3) is 0.923. The Kier molecular flexibility index (Phi) is 7.32. The van der Waals surface area contributed by atoms with Crippen LogP contribution in [0.25, 0.3) is 0 Å². The summed E-state index contributed by atoms with van der Waals surface area (Å²) in [7, 11) is 0. The standard InChI is InChI=1S/C13H23F3N2O.ClH/c1-12(2,3)8-10(13(14,15)16)18-11(19)9-4-6-17-7-5-9;/h9-10,17H,4-8H2,1-3H3,(H,18,19);1H. The maximum Gasteiger partial charge on any atom is 0.408 e. The first-order valence-electron chi connectivity index (χ1n) is 6.67. The van der Waals surface area contributed by atoms with Gasteiger partial charge in [0.1, 0.15) is 6.04 Å². The van der Waals surface area contributed by atoms with E-state index in [-0.39, 0.29) is 24.7 Å². The normalized spacial score (nSPS) is 19.1. The zero-order chi connectivity index (χ0) is 14.7. The first-order valence-corrected chi connectivity index (χ1v) is 6.67. The van der Waals surface area contributed by atoms with Crippen LogP contribution in [0.15, 0.2) is 0 Å². The molecule has 7 heteroatoms. The summed E-state index contributed by atoms with van der Waals surface area (Å²) < 4.78 is 38.9. The van der Waals surface area contributed by atoms with Gasteiger partial charge in [-0.1, -0.05) is 20.8 Å². The van der Waals surface area contributed by atoms with Gasteiger partial charge in [-0.15, -0.1) is 12.4 Å². The van der Waals surface area contributed by atoms with Crippen LogP contribution in [0.3, 0.4) is 0 Å². The smallest absolute Gasteiger partial charge is 0.344 e. The summed E-state index contributed by atoms with van der Waals surface area (Å²) in [5.74, 6) is -0.765. The lowest BCUT2D eigenvalue weighted by Crippen LogP contribution is -2.50. The summed E-state index contributed by atoms with van der Waals surface area (Å²) in [5, 5.41) is 5.28. The number of carbonyl (C=O) groups excluding carboxylic acids is 1. The number of alkyl halides is 3. The molecule has 0 radical (unpaired) electrons. The average molecular weight is 317 g/mol. The molecule has 0 aliphatic carbocycles. The minimum Gasteiger partial charge on any atom is -0.344 e. The molecule has 0 bridgehead atoms. The molecule has 0 aromatic rings. The second-order valence-corrected chi connectivity index (χ2v) is 6.39. The van der Waals surface area contributed by atoms with Crippen molar-refractivity contribution in [2.75, 3.05) is 13.1 Å². The van der Waals surface area contributed by atoms with Gasteiger partial charge < -0.3 is 10.6 Å². The lowest BCUT2D eigenvalue weighted by Gasteiger charge is -2.30. The fourth-order valence-electron chi connectivity index (χ4n) is 2.23. The van der Waals surface area contributed by atoms with Crippen LogP contribution in [0, 0.1) is 11.3 Å². The van der Waals surface area contributed by atoms with Gasteiger partial charge in [0.25, 0.3) is 0 Å². The van der Waals surface area contributed by atoms with Crippen LogP contribution in [0.4, 0.5) is 13.2 Å². The summed E-state index contributed by atoms with van der Waals surface area (Å²) in [6.07, 6.45) is -3.29. The highest BCUT2D eigenvalue weighted by Gasteiger charge is 2.43. The largest absolute Gasteiger partial charge is 0.408 e. The molecule has 20 heavy (non-hydrogen) atoms. The monoisotopic (exact) mass is 316 g/mol. The van der Waals surface area contributed by atoms with Crippen molar-refractivity contribution in [1.29, 1.82) is 0 Å². The fourth-order valence-corrected chi connectivity index (χ4v) is 2.23. The highest BCUT2D eigenvalue weighted by molar-refractivity contribution is 5.85. The van der Waals surface area contributed by atoms with Crippen LogP contribution in [0.1, 0.15) is 40.0 Å². The van der Waals surface area contributed by atoms with Gasteiger partial charge >= 0.3 is 6.18 Å². The van der Waals surface area contributed by atoms with E-state index in [9.17, 15) is 18.0 Å². The molecular weight excluding hydrogens is 293 g/mol. The van der Waals surface area contributed by atoms with Crippen molar-refractivity contribution in [2.24, 2.45) is 11.3 Å². The van der Waals surface area contributed by atoms with E-state index in [0.29, 0.717) is 25.9 Å². The molecule has 1 atom stereocenters. The molecule has 1 fully saturated rings. The van der Waals surface area contributed by atoms with E-state index in [0.717, 1.165) is 0 Å².